The van der Waals surface area contributed by atoms with E-state index in [2.05, 4.69) is 24.1 Å². The number of hydrogen-bond donors (Lipinski definition) is 1. The van der Waals surface area contributed by atoms with E-state index in [-0.39, 0.29) is 0 Å². The van der Waals surface area contributed by atoms with Crippen LogP contribution in [0.5, 0.6) is 0 Å². The van der Waals surface area contributed by atoms with Gasteiger partial charge in [-0.1, -0.05) is 0 Å². The molecule has 2 rings (SSSR count). The van der Waals surface area contributed by atoms with Gasteiger partial charge in [-0.2, -0.15) is 0 Å². The standard InChI is InChI=1S/C14H19N3O2S/c1-10(2)17-9-11(3)15-14(17)16-12-5-7-13(8-6-12)20(4,18)19/h5-10H,1-4H3,(H,15,16). The molecule has 0 aliphatic carbocycles. The second kappa shape index (κ2) is 5.28. The number of imidazole rings is 1. The molecule has 20 heavy (non-hydrogen) atoms. The summed E-state index contributed by atoms with van der Waals surface area (Å²) in [6, 6.07) is 6.96. The molecule has 2 aromatic rings. The Morgan fingerprint density at radius 1 is 1.20 bits per heavy atom. The van der Waals surface area contributed by atoms with Gasteiger partial charge >= 0.3 is 0 Å². The van der Waals surface area contributed by atoms with Crippen LogP contribution in [-0.2, 0) is 9.84 Å². The van der Waals surface area contributed by atoms with Crippen LogP contribution in [0.4, 0.5) is 11.6 Å². The summed E-state index contributed by atoms with van der Waals surface area (Å²) in [5.74, 6) is 0.754. The monoisotopic (exact) mass is 293 g/mol. The summed E-state index contributed by atoms with van der Waals surface area (Å²) in [6.07, 6.45) is 3.18. The number of benzene rings is 1. The zero-order chi connectivity index (χ0) is 14.9. The Hall–Kier alpha value is -1.82. The van der Waals surface area contributed by atoms with Gasteiger partial charge in [-0.25, -0.2) is 13.4 Å². The van der Waals surface area contributed by atoms with Crippen LogP contribution in [0, 0.1) is 6.92 Å². The third-order valence-corrected chi connectivity index (χ3v) is 4.08. The summed E-state index contributed by atoms with van der Waals surface area (Å²) in [5, 5.41) is 3.21. The summed E-state index contributed by atoms with van der Waals surface area (Å²) in [5.41, 5.74) is 1.75. The number of aryl methyl sites for hydroxylation is 1. The highest BCUT2D eigenvalue weighted by atomic mass is 32.2. The summed E-state index contributed by atoms with van der Waals surface area (Å²) in [4.78, 5) is 4.74. The summed E-state index contributed by atoms with van der Waals surface area (Å²) in [7, 11) is -3.16. The lowest BCUT2D eigenvalue weighted by Crippen LogP contribution is -2.05. The maximum atomic E-state index is 11.4. The zero-order valence-corrected chi connectivity index (χ0v) is 12.9. The van der Waals surface area contributed by atoms with Gasteiger partial charge in [0.25, 0.3) is 0 Å². The quantitative estimate of drug-likeness (QED) is 0.941. The molecule has 0 aliphatic heterocycles. The lowest BCUT2D eigenvalue weighted by Gasteiger charge is -2.12. The van der Waals surface area contributed by atoms with E-state index in [9.17, 15) is 8.42 Å². The van der Waals surface area contributed by atoms with Gasteiger partial charge in [-0.3, -0.25) is 0 Å². The number of nitrogens with one attached hydrogen (secondary N) is 1. The van der Waals surface area contributed by atoms with Crippen LogP contribution in [0.1, 0.15) is 25.6 Å². The predicted molar refractivity (Wildman–Crippen MR) is 80.2 cm³/mol. The van der Waals surface area contributed by atoms with Crippen molar-refractivity contribution in [1.29, 1.82) is 0 Å². The SMILES string of the molecule is Cc1cn(C(C)C)c(Nc2ccc(S(C)(=O)=O)cc2)n1. The van der Waals surface area contributed by atoms with Gasteiger partial charge < -0.3 is 9.88 Å². The van der Waals surface area contributed by atoms with E-state index in [4.69, 9.17) is 0 Å². The fraction of sp³-hybridized carbons (Fsp3) is 0.357. The van der Waals surface area contributed by atoms with Gasteiger partial charge in [0.05, 0.1) is 10.6 Å². The maximum absolute atomic E-state index is 11.4. The molecule has 1 N–H and O–H groups in total. The van der Waals surface area contributed by atoms with Crippen LogP contribution >= 0.6 is 0 Å². The van der Waals surface area contributed by atoms with E-state index in [1.54, 1.807) is 24.3 Å². The van der Waals surface area contributed by atoms with Crippen molar-refractivity contribution in [3.8, 4) is 0 Å². The minimum absolute atomic E-state index is 0.300. The van der Waals surface area contributed by atoms with E-state index < -0.39 is 9.84 Å². The van der Waals surface area contributed by atoms with E-state index in [1.807, 2.05) is 17.7 Å². The van der Waals surface area contributed by atoms with Gasteiger partial charge in [0.2, 0.25) is 5.95 Å². The van der Waals surface area contributed by atoms with Crippen molar-refractivity contribution in [3.05, 3.63) is 36.2 Å². The number of nitrogens with zero attached hydrogens (tertiary/aromatic N) is 2. The molecule has 108 valence electrons. The first kappa shape index (κ1) is 14.6. The Bertz CT molecular complexity index is 701. The topological polar surface area (TPSA) is 64.0 Å². The number of hydrogen-bond acceptors (Lipinski definition) is 4. The van der Waals surface area contributed by atoms with Crippen molar-refractivity contribution in [1.82, 2.24) is 9.55 Å². The minimum Gasteiger partial charge on any atom is -0.326 e. The summed E-state index contributed by atoms with van der Waals surface area (Å²) in [6.45, 7) is 6.11. The highest BCUT2D eigenvalue weighted by Crippen LogP contribution is 2.21. The van der Waals surface area contributed by atoms with Gasteiger partial charge in [-0.05, 0) is 45.0 Å². The van der Waals surface area contributed by atoms with Crippen molar-refractivity contribution < 1.29 is 8.42 Å². The molecule has 0 radical (unpaired) electrons. The second-order valence-electron chi connectivity index (χ2n) is 5.13. The third kappa shape index (κ3) is 3.19. The van der Waals surface area contributed by atoms with Crippen LogP contribution in [0.15, 0.2) is 35.4 Å². The number of anilines is 2. The molecule has 0 atom stereocenters. The van der Waals surface area contributed by atoms with E-state index >= 15 is 0 Å². The Kier molecular flexibility index (Phi) is 3.85. The molecule has 0 fully saturated rings. The van der Waals surface area contributed by atoms with Crippen LogP contribution < -0.4 is 5.32 Å². The normalized spacial score (nSPS) is 11.8. The molecule has 1 heterocycles. The molecule has 0 saturated carbocycles. The van der Waals surface area contributed by atoms with E-state index in [1.165, 1.54) is 6.26 Å². The molecule has 0 saturated heterocycles. The Morgan fingerprint density at radius 2 is 1.80 bits per heavy atom. The molecule has 1 aromatic carbocycles. The highest BCUT2D eigenvalue weighted by Gasteiger charge is 2.10. The first-order valence-corrected chi connectivity index (χ1v) is 8.29. The first-order valence-electron chi connectivity index (χ1n) is 6.40. The van der Waals surface area contributed by atoms with Gasteiger partial charge in [0, 0.05) is 24.2 Å². The van der Waals surface area contributed by atoms with Crippen LogP contribution in [-0.4, -0.2) is 24.2 Å². The molecular formula is C14H19N3O2S. The molecule has 0 unspecified atom stereocenters. The first-order chi connectivity index (χ1) is 9.27. The second-order valence-corrected chi connectivity index (χ2v) is 7.14. The van der Waals surface area contributed by atoms with Gasteiger partial charge in [-0.15, -0.1) is 0 Å². The zero-order valence-electron chi connectivity index (χ0n) is 12.1. The van der Waals surface area contributed by atoms with E-state index in [0.717, 1.165) is 17.3 Å². The van der Waals surface area contributed by atoms with Crippen molar-refractivity contribution in [2.24, 2.45) is 0 Å². The van der Waals surface area contributed by atoms with Crippen molar-refractivity contribution in [2.75, 3.05) is 11.6 Å². The van der Waals surface area contributed by atoms with E-state index in [0.29, 0.717) is 10.9 Å². The lowest BCUT2D eigenvalue weighted by molar-refractivity contribution is 0.602. The molecule has 0 bridgehead atoms. The van der Waals surface area contributed by atoms with Crippen LogP contribution in [0.2, 0.25) is 0 Å². The highest BCUT2D eigenvalue weighted by molar-refractivity contribution is 7.90. The number of aromatic nitrogens is 2. The van der Waals surface area contributed by atoms with Crippen molar-refractivity contribution >= 4 is 21.5 Å². The smallest absolute Gasteiger partial charge is 0.207 e. The van der Waals surface area contributed by atoms with Crippen molar-refractivity contribution in [2.45, 2.75) is 31.7 Å². The third-order valence-electron chi connectivity index (χ3n) is 2.95. The van der Waals surface area contributed by atoms with Gasteiger partial charge in [0.1, 0.15) is 0 Å². The molecule has 5 nitrogen and oxygen atoms in total. The minimum atomic E-state index is -3.16. The molecular weight excluding hydrogens is 274 g/mol. The maximum Gasteiger partial charge on any atom is 0.207 e. The fourth-order valence-electron chi connectivity index (χ4n) is 1.92. The molecule has 0 amide bonds. The summed E-state index contributed by atoms with van der Waals surface area (Å²) < 4.78 is 24.9. The molecule has 6 heteroatoms. The average Bonchev–Trinajstić information content (AvgIpc) is 2.70. The van der Waals surface area contributed by atoms with Gasteiger partial charge in [0.15, 0.2) is 9.84 Å². The van der Waals surface area contributed by atoms with Crippen molar-refractivity contribution in [3.63, 3.8) is 0 Å². The Morgan fingerprint density at radius 3 is 2.30 bits per heavy atom. The lowest BCUT2D eigenvalue weighted by atomic mass is 10.3. The fourth-order valence-corrected chi connectivity index (χ4v) is 2.55. The van der Waals surface area contributed by atoms with Crippen LogP contribution in [0.3, 0.4) is 0 Å². The average molecular weight is 293 g/mol. The molecule has 0 aliphatic rings. The number of sulfone groups is 1. The molecule has 1 aromatic heterocycles. The Balaban J connectivity index is 2.27. The number of rotatable bonds is 4. The Labute approximate surface area is 119 Å². The molecule has 0 spiro atoms. The largest absolute Gasteiger partial charge is 0.326 e. The van der Waals surface area contributed by atoms with Crippen LogP contribution in [0.25, 0.3) is 0 Å². The predicted octanol–water partition coefficient (Wildman–Crippen LogP) is 2.92. The summed E-state index contributed by atoms with van der Waals surface area (Å²) >= 11 is 0.